The predicted octanol–water partition coefficient (Wildman–Crippen LogP) is 6.95. The number of aromatic nitrogens is 2. The Morgan fingerprint density at radius 2 is 1.25 bits per heavy atom. The van der Waals surface area contributed by atoms with Gasteiger partial charge in [0.25, 0.3) is 11.8 Å². The van der Waals surface area contributed by atoms with Crippen molar-refractivity contribution >= 4 is 34.8 Å². The summed E-state index contributed by atoms with van der Waals surface area (Å²) in [6.07, 6.45) is 4.29. The number of amides is 3. The van der Waals surface area contributed by atoms with Crippen LogP contribution in [0.2, 0.25) is 0 Å². The molecule has 0 spiro atoms. The number of carbonyl (C=O) groups excluding carboxylic acids is 3. The third-order valence-electron chi connectivity index (χ3n) is 10.2. The number of H-pyrrole nitrogens is 1. The fourth-order valence-corrected chi connectivity index (χ4v) is 7.09. The standard InChI is InChI=1S/C42H45N7O3/c1-46(2)35-19-13-31(14-20-35)41(51)48-25-23-33(27-48)40(50)44-34-17-11-29(12-18-34)28-7-9-30(10-8-28)37-26-43-39(45-37)38-6-5-24-49(38)42(52)32-15-21-36(22-16-32)47(3)4/h7-22,26,33,38H,5-6,23-25,27H2,1-4H3,(H,43,45)(H,44,50)/t33-,38-/m0/s1. The number of carbonyl (C=O) groups is 3. The molecule has 2 aliphatic rings. The molecule has 0 aliphatic carbocycles. The molecular formula is C42H45N7O3. The van der Waals surface area contributed by atoms with Gasteiger partial charge in [-0.25, -0.2) is 4.98 Å². The Hall–Kier alpha value is -5.90. The molecule has 0 saturated carbocycles. The van der Waals surface area contributed by atoms with E-state index in [1.54, 1.807) is 4.90 Å². The van der Waals surface area contributed by atoms with Crippen molar-refractivity contribution < 1.29 is 14.4 Å². The van der Waals surface area contributed by atoms with Crippen LogP contribution in [0.1, 0.15) is 51.8 Å². The fraction of sp³-hybridized carbons (Fsp3) is 0.286. The fourth-order valence-electron chi connectivity index (χ4n) is 7.09. The maximum atomic E-state index is 13.4. The van der Waals surface area contributed by atoms with Gasteiger partial charge in [-0.1, -0.05) is 36.4 Å². The topological polar surface area (TPSA) is 105 Å². The molecule has 10 nitrogen and oxygen atoms in total. The molecule has 0 bridgehead atoms. The summed E-state index contributed by atoms with van der Waals surface area (Å²) in [5.41, 5.74) is 8.14. The molecule has 5 aromatic rings. The van der Waals surface area contributed by atoms with Crippen molar-refractivity contribution in [2.24, 2.45) is 5.92 Å². The minimum Gasteiger partial charge on any atom is -0.378 e. The molecule has 0 unspecified atom stereocenters. The van der Waals surface area contributed by atoms with Crippen molar-refractivity contribution in [3.63, 3.8) is 0 Å². The number of benzene rings is 4. The number of rotatable bonds is 9. The monoisotopic (exact) mass is 695 g/mol. The molecule has 10 heteroatoms. The summed E-state index contributed by atoms with van der Waals surface area (Å²) in [6.45, 7) is 1.68. The second-order valence-electron chi connectivity index (χ2n) is 14.1. The first-order chi connectivity index (χ1) is 25.1. The van der Waals surface area contributed by atoms with E-state index in [4.69, 9.17) is 4.98 Å². The van der Waals surface area contributed by atoms with Crippen molar-refractivity contribution in [1.82, 2.24) is 19.8 Å². The van der Waals surface area contributed by atoms with E-state index in [2.05, 4.69) is 34.6 Å². The average Bonchev–Trinajstić information content (AvgIpc) is 3.97. The number of anilines is 3. The van der Waals surface area contributed by atoms with Crippen LogP contribution in [0.4, 0.5) is 17.1 Å². The van der Waals surface area contributed by atoms with Gasteiger partial charge in [0.05, 0.1) is 23.9 Å². The van der Waals surface area contributed by atoms with E-state index in [-0.39, 0.29) is 29.7 Å². The van der Waals surface area contributed by atoms with E-state index in [1.165, 1.54) is 0 Å². The molecule has 2 fully saturated rings. The van der Waals surface area contributed by atoms with Crippen LogP contribution in [0.3, 0.4) is 0 Å². The van der Waals surface area contributed by atoms with Gasteiger partial charge in [-0.15, -0.1) is 0 Å². The van der Waals surface area contributed by atoms with Crippen molar-refractivity contribution in [1.29, 1.82) is 0 Å². The second-order valence-corrected chi connectivity index (χ2v) is 14.1. The number of likely N-dealkylation sites (tertiary alicyclic amines) is 2. The van der Waals surface area contributed by atoms with Crippen LogP contribution in [-0.4, -0.2) is 85.3 Å². The number of imidazole rings is 1. The van der Waals surface area contributed by atoms with Gasteiger partial charge in [0.1, 0.15) is 5.82 Å². The maximum Gasteiger partial charge on any atom is 0.254 e. The van der Waals surface area contributed by atoms with Gasteiger partial charge >= 0.3 is 0 Å². The first-order valence-corrected chi connectivity index (χ1v) is 17.9. The molecule has 266 valence electrons. The number of nitrogens with zero attached hydrogens (tertiary/aromatic N) is 5. The average molecular weight is 696 g/mol. The number of hydrogen-bond acceptors (Lipinski definition) is 6. The molecule has 0 radical (unpaired) electrons. The van der Waals surface area contributed by atoms with Crippen LogP contribution in [0.25, 0.3) is 22.4 Å². The highest BCUT2D eigenvalue weighted by atomic mass is 16.2. The van der Waals surface area contributed by atoms with Crippen LogP contribution in [0, 0.1) is 5.92 Å². The van der Waals surface area contributed by atoms with Gasteiger partial charge < -0.3 is 29.9 Å². The highest BCUT2D eigenvalue weighted by Gasteiger charge is 2.33. The summed E-state index contributed by atoms with van der Waals surface area (Å²) in [5.74, 6) is 0.467. The zero-order valence-electron chi connectivity index (χ0n) is 30.2. The largest absolute Gasteiger partial charge is 0.378 e. The molecule has 2 aliphatic heterocycles. The molecule has 2 N–H and O–H groups in total. The van der Waals surface area contributed by atoms with Gasteiger partial charge in [-0.05, 0) is 96.6 Å². The normalized spacial score (nSPS) is 16.9. The van der Waals surface area contributed by atoms with Crippen LogP contribution in [0.15, 0.2) is 103 Å². The van der Waals surface area contributed by atoms with Crippen LogP contribution in [0.5, 0.6) is 0 Å². The van der Waals surface area contributed by atoms with Gasteiger partial charge in [-0.3, -0.25) is 14.4 Å². The lowest BCUT2D eigenvalue weighted by molar-refractivity contribution is -0.119. The SMILES string of the molecule is CN(C)c1ccc(C(=O)N2CC[C@H](C(=O)Nc3ccc(-c4ccc(-c5cnc([C@@H]6CCCN6C(=O)c6ccc(N(C)C)cc6)[nH]5)cc4)cc3)C2)cc1. The Labute approximate surface area is 305 Å². The summed E-state index contributed by atoms with van der Waals surface area (Å²) in [5, 5.41) is 3.04. The molecule has 3 amide bonds. The molecule has 3 heterocycles. The molecule has 2 atom stereocenters. The van der Waals surface area contributed by atoms with Crippen molar-refractivity contribution in [2.45, 2.75) is 25.3 Å². The van der Waals surface area contributed by atoms with E-state index >= 15 is 0 Å². The maximum absolute atomic E-state index is 13.4. The Bertz CT molecular complexity index is 2040. The van der Waals surface area contributed by atoms with Crippen molar-refractivity contribution in [2.75, 3.05) is 62.9 Å². The Kier molecular flexibility index (Phi) is 9.80. The lowest BCUT2D eigenvalue weighted by Crippen LogP contribution is -2.31. The lowest BCUT2D eigenvalue weighted by atomic mass is 10.0. The highest BCUT2D eigenvalue weighted by Crippen LogP contribution is 2.34. The van der Waals surface area contributed by atoms with E-state index in [1.807, 2.05) is 122 Å². The number of hydrogen-bond donors (Lipinski definition) is 2. The van der Waals surface area contributed by atoms with E-state index in [9.17, 15) is 14.4 Å². The molecule has 1 aromatic heterocycles. The minimum absolute atomic E-state index is 0.0279. The van der Waals surface area contributed by atoms with Gasteiger partial charge in [0.2, 0.25) is 5.91 Å². The summed E-state index contributed by atoms with van der Waals surface area (Å²) in [7, 11) is 7.90. The zero-order valence-corrected chi connectivity index (χ0v) is 30.2. The highest BCUT2D eigenvalue weighted by molar-refractivity contribution is 5.97. The third-order valence-corrected chi connectivity index (χ3v) is 10.2. The van der Waals surface area contributed by atoms with Gasteiger partial charge in [0, 0.05) is 76.0 Å². The van der Waals surface area contributed by atoms with Gasteiger partial charge in [-0.2, -0.15) is 0 Å². The smallest absolute Gasteiger partial charge is 0.254 e. The number of nitrogens with one attached hydrogen (secondary N) is 2. The Morgan fingerprint density at radius 3 is 1.85 bits per heavy atom. The molecule has 2 saturated heterocycles. The summed E-state index contributed by atoms with van der Waals surface area (Å²) < 4.78 is 0. The second kappa shape index (κ2) is 14.8. The van der Waals surface area contributed by atoms with Crippen molar-refractivity contribution in [3.05, 3.63) is 120 Å². The zero-order chi connectivity index (χ0) is 36.4. The summed E-state index contributed by atoms with van der Waals surface area (Å²) in [4.78, 5) is 55.5. The van der Waals surface area contributed by atoms with Gasteiger partial charge in [0.15, 0.2) is 0 Å². The van der Waals surface area contributed by atoms with Crippen LogP contribution >= 0.6 is 0 Å². The summed E-state index contributed by atoms with van der Waals surface area (Å²) in [6, 6.07) is 31.3. The molecule has 7 rings (SSSR count). The molecular weight excluding hydrogens is 651 g/mol. The molecule has 52 heavy (non-hydrogen) atoms. The van der Waals surface area contributed by atoms with Crippen LogP contribution < -0.4 is 15.1 Å². The van der Waals surface area contributed by atoms with E-state index in [0.29, 0.717) is 37.2 Å². The Balaban J connectivity index is 0.939. The van der Waals surface area contributed by atoms with E-state index in [0.717, 1.165) is 58.1 Å². The minimum atomic E-state index is -0.252. The van der Waals surface area contributed by atoms with Crippen LogP contribution in [-0.2, 0) is 4.79 Å². The Morgan fingerprint density at radius 1 is 0.692 bits per heavy atom. The first-order valence-electron chi connectivity index (χ1n) is 17.9. The number of aromatic amines is 1. The third kappa shape index (κ3) is 7.28. The first kappa shape index (κ1) is 34.5. The quantitative estimate of drug-likeness (QED) is 0.173. The molecule has 4 aromatic carbocycles. The summed E-state index contributed by atoms with van der Waals surface area (Å²) >= 11 is 0. The predicted molar refractivity (Wildman–Crippen MR) is 207 cm³/mol. The van der Waals surface area contributed by atoms with Crippen molar-refractivity contribution in [3.8, 4) is 22.4 Å². The lowest BCUT2D eigenvalue weighted by Gasteiger charge is -2.23. The van der Waals surface area contributed by atoms with E-state index < -0.39 is 0 Å².